The Labute approximate surface area is 126 Å². The van der Waals surface area contributed by atoms with Gasteiger partial charge in [0.05, 0.1) is 11.1 Å². The zero-order valence-electron chi connectivity index (χ0n) is 10.3. The first-order chi connectivity index (χ1) is 9.13. The third kappa shape index (κ3) is 3.37. The fraction of sp³-hybridized carbons (Fsp3) is 0.200. The van der Waals surface area contributed by atoms with Gasteiger partial charge in [0, 0.05) is 16.9 Å². The Morgan fingerprint density at radius 3 is 2.37 bits per heavy atom. The van der Waals surface area contributed by atoms with Crippen LogP contribution >= 0.6 is 27.5 Å². The molecule has 2 aromatic carbocycles. The van der Waals surface area contributed by atoms with Gasteiger partial charge in [-0.3, -0.25) is 0 Å². The van der Waals surface area contributed by atoms with Crippen LogP contribution in [-0.2, 0) is 0 Å². The predicted molar refractivity (Wildman–Crippen MR) is 82.3 cm³/mol. The van der Waals surface area contributed by atoms with Gasteiger partial charge in [-0.2, -0.15) is 0 Å². The SMILES string of the molecule is NCC(c1ccccc1)C(O)c1ccc(Cl)c(Br)c1. The third-order valence-electron chi connectivity index (χ3n) is 3.15. The number of hydrogen-bond acceptors (Lipinski definition) is 2. The molecule has 2 rings (SSSR count). The standard InChI is InChI=1S/C15H15BrClNO/c16-13-8-11(6-7-14(13)17)15(19)12(9-18)10-4-2-1-3-5-10/h1-8,12,15,19H,9,18H2. The van der Waals surface area contributed by atoms with E-state index in [1.54, 1.807) is 6.07 Å². The largest absolute Gasteiger partial charge is 0.388 e. The van der Waals surface area contributed by atoms with Crippen LogP contribution in [0.2, 0.25) is 5.02 Å². The normalized spacial score (nSPS) is 14.1. The van der Waals surface area contributed by atoms with Gasteiger partial charge in [0.1, 0.15) is 0 Å². The Balaban J connectivity index is 2.30. The van der Waals surface area contributed by atoms with E-state index >= 15 is 0 Å². The molecule has 0 spiro atoms. The minimum Gasteiger partial charge on any atom is -0.388 e. The lowest BCUT2D eigenvalue weighted by Crippen LogP contribution is -2.20. The fourth-order valence-electron chi connectivity index (χ4n) is 2.08. The average Bonchev–Trinajstić information content (AvgIpc) is 2.44. The Morgan fingerprint density at radius 1 is 1.11 bits per heavy atom. The highest BCUT2D eigenvalue weighted by Gasteiger charge is 2.21. The van der Waals surface area contributed by atoms with Crippen LogP contribution in [0.3, 0.4) is 0 Å². The van der Waals surface area contributed by atoms with Crippen LogP contribution in [0.4, 0.5) is 0 Å². The van der Waals surface area contributed by atoms with Gasteiger partial charge in [0.15, 0.2) is 0 Å². The van der Waals surface area contributed by atoms with Crippen molar-refractivity contribution in [2.24, 2.45) is 5.73 Å². The summed E-state index contributed by atoms with van der Waals surface area (Å²) in [6.45, 7) is 0.380. The molecule has 0 aromatic heterocycles. The number of nitrogens with two attached hydrogens (primary N) is 1. The van der Waals surface area contributed by atoms with E-state index in [0.29, 0.717) is 11.6 Å². The number of aliphatic hydroxyl groups is 1. The van der Waals surface area contributed by atoms with Crippen molar-refractivity contribution in [2.45, 2.75) is 12.0 Å². The molecule has 0 aliphatic carbocycles. The predicted octanol–water partition coefficient (Wildman–Crippen LogP) is 3.88. The molecule has 0 amide bonds. The lowest BCUT2D eigenvalue weighted by Gasteiger charge is -2.22. The Bertz CT molecular complexity index is 547. The first-order valence-corrected chi connectivity index (χ1v) is 7.18. The molecule has 2 aromatic rings. The van der Waals surface area contributed by atoms with E-state index < -0.39 is 6.10 Å². The molecule has 0 fully saturated rings. The van der Waals surface area contributed by atoms with Crippen LogP contribution in [-0.4, -0.2) is 11.7 Å². The number of halogens is 2. The second-order valence-electron chi connectivity index (χ2n) is 4.37. The molecule has 2 unspecified atom stereocenters. The lowest BCUT2D eigenvalue weighted by atomic mass is 9.89. The second-order valence-corrected chi connectivity index (χ2v) is 5.63. The molecule has 100 valence electrons. The molecule has 19 heavy (non-hydrogen) atoms. The molecule has 3 N–H and O–H groups in total. The Morgan fingerprint density at radius 2 is 1.79 bits per heavy atom. The molecule has 0 aliphatic rings. The maximum atomic E-state index is 10.5. The summed E-state index contributed by atoms with van der Waals surface area (Å²) >= 11 is 9.33. The van der Waals surface area contributed by atoms with E-state index in [4.69, 9.17) is 17.3 Å². The minimum atomic E-state index is -0.652. The lowest BCUT2D eigenvalue weighted by molar-refractivity contribution is 0.147. The molecular formula is C15H15BrClNO. The summed E-state index contributed by atoms with van der Waals surface area (Å²) in [7, 11) is 0. The van der Waals surface area contributed by atoms with E-state index in [1.807, 2.05) is 42.5 Å². The molecule has 0 aliphatic heterocycles. The van der Waals surface area contributed by atoms with Crippen LogP contribution in [0.1, 0.15) is 23.1 Å². The monoisotopic (exact) mass is 339 g/mol. The molecule has 0 saturated carbocycles. The number of aliphatic hydroxyl groups excluding tert-OH is 1. The van der Waals surface area contributed by atoms with Crippen molar-refractivity contribution in [2.75, 3.05) is 6.54 Å². The summed E-state index contributed by atoms with van der Waals surface area (Å²) in [6.07, 6.45) is -0.652. The fourth-order valence-corrected chi connectivity index (χ4v) is 2.59. The Kier molecular flexibility index (Phi) is 4.99. The van der Waals surface area contributed by atoms with Gasteiger partial charge in [0.2, 0.25) is 0 Å². The van der Waals surface area contributed by atoms with Crippen LogP contribution < -0.4 is 5.73 Å². The van der Waals surface area contributed by atoms with Crippen LogP contribution in [0.25, 0.3) is 0 Å². The van der Waals surface area contributed by atoms with Gasteiger partial charge in [-0.15, -0.1) is 0 Å². The highest BCUT2D eigenvalue weighted by Crippen LogP contribution is 2.33. The van der Waals surface area contributed by atoms with Crippen LogP contribution in [0.5, 0.6) is 0 Å². The van der Waals surface area contributed by atoms with Crippen molar-refractivity contribution in [3.05, 3.63) is 69.2 Å². The van der Waals surface area contributed by atoms with E-state index in [9.17, 15) is 5.11 Å². The maximum absolute atomic E-state index is 10.5. The highest BCUT2D eigenvalue weighted by molar-refractivity contribution is 9.10. The van der Waals surface area contributed by atoms with Gasteiger partial charge in [-0.25, -0.2) is 0 Å². The minimum absolute atomic E-state index is 0.130. The van der Waals surface area contributed by atoms with E-state index in [2.05, 4.69) is 15.9 Å². The molecule has 2 atom stereocenters. The third-order valence-corrected chi connectivity index (χ3v) is 4.36. The van der Waals surface area contributed by atoms with Crippen LogP contribution in [0.15, 0.2) is 53.0 Å². The highest BCUT2D eigenvalue weighted by atomic mass is 79.9. The van der Waals surface area contributed by atoms with E-state index in [0.717, 1.165) is 15.6 Å². The first-order valence-electron chi connectivity index (χ1n) is 6.01. The van der Waals surface area contributed by atoms with Gasteiger partial charge in [-0.05, 0) is 39.2 Å². The summed E-state index contributed by atoms with van der Waals surface area (Å²) < 4.78 is 0.773. The summed E-state index contributed by atoms with van der Waals surface area (Å²) in [4.78, 5) is 0. The Hall–Kier alpha value is -0.870. The molecule has 0 radical (unpaired) electrons. The number of benzene rings is 2. The van der Waals surface area contributed by atoms with Crippen molar-refractivity contribution in [3.8, 4) is 0 Å². The number of rotatable bonds is 4. The van der Waals surface area contributed by atoms with E-state index in [-0.39, 0.29) is 5.92 Å². The summed E-state index contributed by atoms with van der Waals surface area (Å²) in [6, 6.07) is 15.2. The maximum Gasteiger partial charge on any atom is 0.0871 e. The molecule has 2 nitrogen and oxygen atoms in total. The van der Waals surface area contributed by atoms with Crippen molar-refractivity contribution >= 4 is 27.5 Å². The van der Waals surface area contributed by atoms with E-state index in [1.165, 1.54) is 0 Å². The number of hydrogen-bond donors (Lipinski definition) is 2. The summed E-state index contributed by atoms with van der Waals surface area (Å²) in [5.74, 6) is -0.130. The smallest absolute Gasteiger partial charge is 0.0871 e. The van der Waals surface area contributed by atoms with Crippen molar-refractivity contribution in [1.29, 1.82) is 0 Å². The summed E-state index contributed by atoms with van der Waals surface area (Å²) in [5.41, 5.74) is 7.65. The zero-order chi connectivity index (χ0) is 13.8. The van der Waals surface area contributed by atoms with Gasteiger partial charge >= 0.3 is 0 Å². The zero-order valence-corrected chi connectivity index (χ0v) is 12.6. The van der Waals surface area contributed by atoms with Crippen molar-refractivity contribution in [1.82, 2.24) is 0 Å². The molecule has 4 heteroatoms. The van der Waals surface area contributed by atoms with Crippen LogP contribution in [0, 0.1) is 0 Å². The second kappa shape index (κ2) is 6.53. The van der Waals surface area contributed by atoms with Gasteiger partial charge in [0.25, 0.3) is 0 Å². The average molecular weight is 341 g/mol. The van der Waals surface area contributed by atoms with Crippen molar-refractivity contribution < 1.29 is 5.11 Å². The molecule has 0 bridgehead atoms. The molecule has 0 heterocycles. The summed E-state index contributed by atoms with van der Waals surface area (Å²) in [5, 5.41) is 11.1. The molecule has 0 saturated heterocycles. The topological polar surface area (TPSA) is 46.2 Å². The first kappa shape index (κ1) is 14.5. The quantitative estimate of drug-likeness (QED) is 0.887. The van der Waals surface area contributed by atoms with Crippen molar-refractivity contribution in [3.63, 3.8) is 0 Å². The molecular weight excluding hydrogens is 326 g/mol. The van der Waals surface area contributed by atoms with Gasteiger partial charge < -0.3 is 10.8 Å². The van der Waals surface area contributed by atoms with Gasteiger partial charge in [-0.1, -0.05) is 48.0 Å².